The van der Waals surface area contributed by atoms with E-state index in [0.29, 0.717) is 52.3 Å². The highest BCUT2D eigenvalue weighted by molar-refractivity contribution is 7.60. The van der Waals surface area contributed by atoms with Gasteiger partial charge in [0.25, 0.3) is 0 Å². The fraction of sp³-hybridized carbons (Fsp3) is 0.580. The summed E-state index contributed by atoms with van der Waals surface area (Å²) in [7, 11) is -3.95. The van der Waals surface area contributed by atoms with Crippen LogP contribution in [0.15, 0.2) is 41.8 Å². The maximum atomic E-state index is 15.4. The molecule has 16 heteroatoms. The second-order valence-corrected chi connectivity index (χ2v) is 23.2. The molecule has 1 unspecified atom stereocenters. The summed E-state index contributed by atoms with van der Waals surface area (Å²) in [6.07, 6.45) is 7.82. The van der Waals surface area contributed by atoms with Gasteiger partial charge < -0.3 is 24.2 Å². The van der Waals surface area contributed by atoms with Crippen LogP contribution in [0.5, 0.6) is 5.75 Å². The molecule has 0 radical (unpaired) electrons. The first kappa shape index (κ1) is 48.5. The molecule has 4 heterocycles. The first-order valence-corrected chi connectivity index (χ1v) is 26.9. The third-order valence-electron chi connectivity index (χ3n) is 14.1. The maximum absolute atomic E-state index is 15.4. The zero-order valence-electron chi connectivity index (χ0n) is 38.4. The molecule has 2 aliphatic heterocycles. The molecule has 4 aliphatic rings. The fourth-order valence-corrected chi connectivity index (χ4v) is 15.0. The summed E-state index contributed by atoms with van der Waals surface area (Å²) in [5.41, 5.74) is 2.20. The van der Waals surface area contributed by atoms with Crippen molar-refractivity contribution < 1.29 is 41.7 Å². The SMILES string of the molecule is CCOP(=O)(Cc1c(F)cccc1F)[C@]12CC(=O)[C@@H]3C[C@H](Oc4cc(-c5csc(NC(C)C)n5)nc5c(Cl)c(C)ccc45)CN3C(=O)[C@@H](CC(=O)OC3CCCC3)CCCCCCC[C@@H]1C2. The Morgan fingerprint density at radius 2 is 1.70 bits per heavy atom. The number of hydrogen-bond acceptors (Lipinski definition) is 11. The summed E-state index contributed by atoms with van der Waals surface area (Å²) in [5, 5.41) is 5.93. The van der Waals surface area contributed by atoms with Gasteiger partial charge in [-0.3, -0.25) is 18.9 Å². The number of anilines is 1. The Balaban J connectivity index is 1.16. The summed E-state index contributed by atoms with van der Waals surface area (Å²) in [5.74, 6) is -3.14. The number of amides is 1. The van der Waals surface area contributed by atoms with E-state index >= 15 is 22.9 Å². The number of hydrogen-bond donors (Lipinski definition) is 1. The Bertz CT molecular complexity index is 2460. The molecule has 2 aliphatic carbocycles. The molecule has 66 heavy (non-hydrogen) atoms. The lowest BCUT2D eigenvalue weighted by molar-refractivity contribution is -0.154. The van der Waals surface area contributed by atoms with E-state index in [2.05, 4.69) is 5.32 Å². The molecule has 4 fully saturated rings. The van der Waals surface area contributed by atoms with Crippen molar-refractivity contribution in [2.24, 2.45) is 11.8 Å². The summed E-state index contributed by atoms with van der Waals surface area (Å²) in [4.78, 5) is 55.1. The van der Waals surface area contributed by atoms with Crippen molar-refractivity contribution >= 4 is 64.0 Å². The number of rotatable bonds is 13. The Morgan fingerprint density at radius 3 is 2.42 bits per heavy atom. The number of benzene rings is 2. The van der Waals surface area contributed by atoms with Gasteiger partial charge >= 0.3 is 5.97 Å². The van der Waals surface area contributed by atoms with Crippen LogP contribution in [0.4, 0.5) is 13.9 Å². The van der Waals surface area contributed by atoms with E-state index in [1.807, 2.05) is 44.4 Å². The molecule has 8 rings (SSSR count). The normalized spacial score (nSPS) is 25.2. The van der Waals surface area contributed by atoms with Gasteiger partial charge in [0.1, 0.15) is 35.3 Å². The average Bonchev–Trinajstić information content (AvgIpc) is 3.70. The molecule has 0 spiro atoms. The highest BCUT2D eigenvalue weighted by atomic mass is 35.5. The quantitative estimate of drug-likeness (QED) is 0.102. The smallest absolute Gasteiger partial charge is 0.306 e. The van der Waals surface area contributed by atoms with Gasteiger partial charge in [-0.15, -0.1) is 11.3 Å². The van der Waals surface area contributed by atoms with Crippen LogP contribution in [-0.4, -0.2) is 75.1 Å². The maximum Gasteiger partial charge on any atom is 0.306 e. The van der Waals surface area contributed by atoms with Crippen molar-refractivity contribution in [1.29, 1.82) is 0 Å². The Morgan fingerprint density at radius 1 is 0.985 bits per heavy atom. The third-order valence-corrected chi connectivity index (χ3v) is 18.8. The Labute approximate surface area is 395 Å². The van der Waals surface area contributed by atoms with E-state index in [1.54, 1.807) is 11.8 Å². The van der Waals surface area contributed by atoms with Gasteiger partial charge in [-0.25, -0.2) is 18.7 Å². The average molecular weight is 968 g/mol. The van der Waals surface area contributed by atoms with Crippen LogP contribution < -0.4 is 10.1 Å². The first-order valence-electron chi connectivity index (χ1n) is 23.9. The van der Waals surface area contributed by atoms with Crippen LogP contribution in [-0.2, 0) is 34.4 Å². The molecule has 2 saturated carbocycles. The molecule has 4 aromatic rings. The van der Waals surface area contributed by atoms with Gasteiger partial charge in [-0.1, -0.05) is 55.8 Å². The van der Waals surface area contributed by atoms with E-state index < -0.39 is 54.4 Å². The number of halogens is 3. The van der Waals surface area contributed by atoms with Gasteiger partial charge in [0.15, 0.2) is 10.9 Å². The molecule has 11 nitrogen and oxygen atoms in total. The number of pyridine rings is 1. The summed E-state index contributed by atoms with van der Waals surface area (Å²) in [6.45, 7) is 7.74. The lowest BCUT2D eigenvalue weighted by Crippen LogP contribution is -2.45. The van der Waals surface area contributed by atoms with Crippen LogP contribution >= 0.6 is 30.3 Å². The topological polar surface area (TPSA) is 137 Å². The third kappa shape index (κ3) is 10.5. The molecule has 356 valence electrons. The number of fused-ring (bicyclic) bond motifs is 3. The minimum absolute atomic E-state index is 0.0282. The van der Waals surface area contributed by atoms with Crippen LogP contribution in [0.1, 0.15) is 128 Å². The second kappa shape index (κ2) is 20.7. The first-order chi connectivity index (χ1) is 31.7. The van der Waals surface area contributed by atoms with E-state index in [4.69, 9.17) is 35.6 Å². The molecule has 1 N–H and O–H groups in total. The van der Waals surface area contributed by atoms with E-state index in [1.165, 1.54) is 17.4 Å². The second-order valence-electron chi connectivity index (χ2n) is 19.2. The minimum Gasteiger partial charge on any atom is -0.488 e. The molecular formula is C50H62ClF2N4O7PS. The zero-order valence-corrected chi connectivity index (χ0v) is 40.9. The van der Waals surface area contributed by atoms with Crippen LogP contribution in [0.25, 0.3) is 22.3 Å². The van der Waals surface area contributed by atoms with E-state index in [-0.39, 0.29) is 67.7 Å². The fourth-order valence-electron chi connectivity index (χ4n) is 10.5. The van der Waals surface area contributed by atoms with Gasteiger partial charge in [0, 0.05) is 47.2 Å². The summed E-state index contributed by atoms with van der Waals surface area (Å²) >= 11 is 8.38. The summed E-state index contributed by atoms with van der Waals surface area (Å²) in [6, 6.07) is 8.32. The number of carbonyl (C=O) groups is 3. The van der Waals surface area contributed by atoms with Crippen LogP contribution in [0.3, 0.4) is 0 Å². The molecular weight excluding hydrogens is 905 g/mol. The predicted octanol–water partition coefficient (Wildman–Crippen LogP) is 12.2. The number of aryl methyl sites for hydroxylation is 1. The highest BCUT2D eigenvalue weighted by Crippen LogP contribution is 2.77. The molecule has 1 amide bonds. The van der Waals surface area contributed by atoms with Crippen molar-refractivity contribution in [3.8, 4) is 17.1 Å². The lowest BCUT2D eigenvalue weighted by atomic mass is 9.94. The molecule has 2 saturated heterocycles. The van der Waals surface area contributed by atoms with E-state index in [0.717, 1.165) is 80.6 Å². The number of nitrogens with one attached hydrogen (secondary N) is 1. The number of nitrogens with zero attached hydrogens (tertiary/aromatic N) is 3. The van der Waals surface area contributed by atoms with Crippen molar-refractivity contribution in [1.82, 2.24) is 14.9 Å². The minimum atomic E-state index is -3.95. The molecule has 2 aromatic carbocycles. The molecule has 6 atom stereocenters. The molecule has 0 bridgehead atoms. The van der Waals surface area contributed by atoms with Gasteiger partial charge in [0.2, 0.25) is 13.3 Å². The highest BCUT2D eigenvalue weighted by Gasteiger charge is 2.67. The standard InChI is InChI=1S/C50H62ClF2N4O7PS/c1-5-62-65(61,28-37-38(52)18-13-19-39(37)53)50-25-33(50)15-10-8-6-7-9-14-32(22-45(59)64-34-16-11-12-17-34)48(60)57-27-35(23-42(57)43(58)26-50)63-44-24-40(41-29-66-49(56-41)54-30(2)3)55-47-36(44)21-20-31(4)46(47)51/h13,18-21,24,29-30,32-35,42H,5-12,14-17,22-23,25-28H2,1-4H3,(H,54,56)/t32-,33-,35+,42+,50-,65?/m1/s1. The number of esters is 1. The Kier molecular flexibility index (Phi) is 15.2. The number of thiazole rings is 1. The van der Waals surface area contributed by atoms with Crippen molar-refractivity contribution in [3.63, 3.8) is 0 Å². The number of ketones is 1. The largest absolute Gasteiger partial charge is 0.488 e. The molecule has 2 aromatic heterocycles. The number of aromatic nitrogens is 2. The van der Waals surface area contributed by atoms with E-state index in [9.17, 15) is 4.79 Å². The monoisotopic (exact) mass is 966 g/mol. The van der Waals surface area contributed by atoms with Gasteiger partial charge in [-0.2, -0.15) is 0 Å². The number of Topliss-reactive ketones (excluding diaryl/α,β-unsaturated/α-hetero) is 1. The number of carbonyl (C=O) groups excluding carboxylic acids is 3. The Hall–Kier alpha value is -3.97. The number of ether oxygens (including phenoxy) is 2. The van der Waals surface area contributed by atoms with Gasteiger partial charge in [-0.05, 0) is 102 Å². The van der Waals surface area contributed by atoms with Crippen molar-refractivity contribution in [2.45, 2.75) is 160 Å². The summed E-state index contributed by atoms with van der Waals surface area (Å²) < 4.78 is 64.9. The van der Waals surface area contributed by atoms with Crippen molar-refractivity contribution in [3.05, 3.63) is 69.6 Å². The van der Waals surface area contributed by atoms with Crippen molar-refractivity contribution in [2.75, 3.05) is 18.5 Å². The van der Waals surface area contributed by atoms with Gasteiger partial charge in [0.05, 0.1) is 53.2 Å². The van der Waals surface area contributed by atoms with Crippen LogP contribution in [0, 0.1) is 30.4 Å². The lowest BCUT2D eigenvalue weighted by Gasteiger charge is -2.32. The van der Waals surface area contributed by atoms with Crippen LogP contribution in [0.2, 0.25) is 5.02 Å². The predicted molar refractivity (Wildman–Crippen MR) is 254 cm³/mol. The zero-order chi connectivity index (χ0) is 46.8.